The largest absolute Gasteiger partial charge is 0.478 e. The van der Waals surface area contributed by atoms with E-state index in [-0.39, 0.29) is 16.9 Å². The Bertz CT molecular complexity index is 1170. The van der Waals surface area contributed by atoms with Gasteiger partial charge < -0.3 is 16.3 Å². The SMILES string of the molecule is N/N=C(\c1ccc(C(=O)O)cc1)c1nc2nonc2nc1Nc1ccccc1. The van der Waals surface area contributed by atoms with Crippen LogP contribution in [0.5, 0.6) is 0 Å². The fraction of sp³-hybridized carbons (Fsp3) is 0. The third-order valence-electron chi connectivity index (χ3n) is 3.91. The highest BCUT2D eigenvalue weighted by Gasteiger charge is 2.19. The van der Waals surface area contributed by atoms with Crippen LogP contribution in [0.1, 0.15) is 21.6 Å². The molecule has 0 unspecified atom stereocenters. The van der Waals surface area contributed by atoms with Crippen molar-refractivity contribution >= 4 is 34.5 Å². The normalized spacial score (nSPS) is 11.5. The number of hydrazone groups is 1. The first kappa shape index (κ1) is 17.1. The van der Waals surface area contributed by atoms with Crippen LogP contribution in [0.25, 0.3) is 11.3 Å². The summed E-state index contributed by atoms with van der Waals surface area (Å²) < 4.78 is 4.70. The highest BCUT2D eigenvalue weighted by molar-refractivity contribution is 6.15. The molecule has 4 aromatic rings. The zero-order valence-electron chi connectivity index (χ0n) is 14.3. The average Bonchev–Trinajstić information content (AvgIpc) is 3.17. The standard InChI is InChI=1S/C18H13N7O3/c19-23-13(10-6-8-11(9-7-10)18(26)27)14-15(20-12-4-2-1-3-5-12)22-17-16(21-14)24-28-25-17/h1-9H,19H2,(H,26,27)(H,20,22,25)/b23-13+. The number of nitrogens with zero attached hydrogens (tertiary/aromatic N) is 5. The fourth-order valence-electron chi connectivity index (χ4n) is 2.59. The molecule has 4 N–H and O–H groups in total. The lowest BCUT2D eigenvalue weighted by atomic mass is 10.0. The number of carboxylic acids is 1. The summed E-state index contributed by atoms with van der Waals surface area (Å²) >= 11 is 0. The molecule has 0 amide bonds. The lowest BCUT2D eigenvalue weighted by Gasteiger charge is -2.11. The molecule has 2 aromatic heterocycles. The number of anilines is 2. The predicted octanol–water partition coefficient (Wildman–Crippen LogP) is 2.17. The molecule has 10 heteroatoms. The number of carbonyl (C=O) groups is 1. The smallest absolute Gasteiger partial charge is 0.335 e. The molecule has 0 atom stereocenters. The van der Waals surface area contributed by atoms with Crippen molar-refractivity contribution in [3.8, 4) is 0 Å². The molecular weight excluding hydrogens is 362 g/mol. The Morgan fingerprint density at radius 2 is 1.61 bits per heavy atom. The minimum atomic E-state index is -1.03. The molecule has 0 saturated heterocycles. The van der Waals surface area contributed by atoms with Crippen molar-refractivity contribution in [3.63, 3.8) is 0 Å². The van der Waals surface area contributed by atoms with Gasteiger partial charge in [0.1, 0.15) is 11.4 Å². The number of para-hydroxylation sites is 1. The van der Waals surface area contributed by atoms with E-state index < -0.39 is 5.97 Å². The highest BCUT2D eigenvalue weighted by atomic mass is 16.6. The first-order valence-corrected chi connectivity index (χ1v) is 8.10. The quantitative estimate of drug-likeness (QED) is 0.270. The second kappa shape index (κ2) is 7.11. The summed E-state index contributed by atoms with van der Waals surface area (Å²) in [6.45, 7) is 0. The number of aromatic nitrogens is 4. The van der Waals surface area contributed by atoms with Gasteiger partial charge >= 0.3 is 5.97 Å². The van der Waals surface area contributed by atoms with E-state index in [1.165, 1.54) is 12.1 Å². The number of rotatable bonds is 5. The van der Waals surface area contributed by atoms with Gasteiger partial charge in [0, 0.05) is 11.3 Å². The molecule has 0 fully saturated rings. The van der Waals surface area contributed by atoms with E-state index in [1.807, 2.05) is 30.3 Å². The van der Waals surface area contributed by atoms with Crippen LogP contribution in [0.2, 0.25) is 0 Å². The van der Waals surface area contributed by atoms with Crippen LogP contribution in [0.3, 0.4) is 0 Å². The van der Waals surface area contributed by atoms with Crippen LogP contribution in [-0.4, -0.2) is 37.1 Å². The number of nitrogens with two attached hydrogens (primary N) is 1. The summed E-state index contributed by atoms with van der Waals surface area (Å²) in [5.74, 6) is 4.95. The molecule has 0 aliphatic carbocycles. The lowest BCUT2D eigenvalue weighted by Crippen LogP contribution is -2.13. The van der Waals surface area contributed by atoms with Gasteiger partial charge in [-0.1, -0.05) is 30.3 Å². The van der Waals surface area contributed by atoms with Gasteiger partial charge in [0.2, 0.25) is 11.3 Å². The molecule has 2 heterocycles. The Morgan fingerprint density at radius 3 is 2.25 bits per heavy atom. The Morgan fingerprint density at radius 1 is 0.964 bits per heavy atom. The summed E-state index contributed by atoms with van der Waals surface area (Å²) in [5, 5.41) is 23.5. The molecule has 4 rings (SSSR count). The maximum atomic E-state index is 11.1. The number of hydrogen-bond donors (Lipinski definition) is 3. The Balaban J connectivity index is 1.82. The van der Waals surface area contributed by atoms with E-state index in [0.29, 0.717) is 22.8 Å². The van der Waals surface area contributed by atoms with Crippen molar-refractivity contribution in [2.24, 2.45) is 10.9 Å². The Labute approximate surface area is 157 Å². The van der Waals surface area contributed by atoms with E-state index >= 15 is 0 Å². The van der Waals surface area contributed by atoms with Crippen molar-refractivity contribution < 1.29 is 14.5 Å². The number of aromatic carboxylic acids is 1. The van der Waals surface area contributed by atoms with E-state index in [1.54, 1.807) is 12.1 Å². The topological polar surface area (TPSA) is 152 Å². The Hall–Kier alpha value is -4.34. The molecule has 138 valence electrons. The second-order valence-corrected chi connectivity index (χ2v) is 5.68. The number of benzene rings is 2. The maximum absolute atomic E-state index is 11.1. The minimum absolute atomic E-state index is 0.144. The van der Waals surface area contributed by atoms with Crippen molar-refractivity contribution in [3.05, 3.63) is 71.4 Å². The van der Waals surface area contributed by atoms with E-state index in [9.17, 15) is 4.79 Å². The third kappa shape index (κ3) is 3.21. The summed E-state index contributed by atoms with van der Waals surface area (Å²) in [7, 11) is 0. The van der Waals surface area contributed by atoms with Crippen molar-refractivity contribution in [2.45, 2.75) is 0 Å². The minimum Gasteiger partial charge on any atom is -0.478 e. The average molecular weight is 375 g/mol. The number of carboxylic acid groups (broad SMARTS) is 1. The van der Waals surface area contributed by atoms with Gasteiger partial charge in [0.25, 0.3) is 0 Å². The van der Waals surface area contributed by atoms with Gasteiger partial charge in [0.05, 0.1) is 5.56 Å². The van der Waals surface area contributed by atoms with Crippen LogP contribution in [0.4, 0.5) is 11.5 Å². The highest BCUT2D eigenvalue weighted by Crippen LogP contribution is 2.23. The molecular formula is C18H13N7O3. The lowest BCUT2D eigenvalue weighted by molar-refractivity contribution is 0.0697. The molecule has 2 aromatic carbocycles. The fourth-order valence-corrected chi connectivity index (χ4v) is 2.59. The summed E-state index contributed by atoms with van der Waals surface area (Å²) in [6, 6.07) is 15.4. The maximum Gasteiger partial charge on any atom is 0.335 e. The van der Waals surface area contributed by atoms with Gasteiger partial charge in [0.15, 0.2) is 5.82 Å². The molecule has 0 saturated carbocycles. The van der Waals surface area contributed by atoms with Crippen LogP contribution in [0, 0.1) is 0 Å². The monoisotopic (exact) mass is 375 g/mol. The predicted molar refractivity (Wildman–Crippen MR) is 100 cm³/mol. The van der Waals surface area contributed by atoms with E-state index in [0.717, 1.165) is 5.69 Å². The van der Waals surface area contributed by atoms with Crippen LogP contribution < -0.4 is 11.2 Å². The third-order valence-corrected chi connectivity index (χ3v) is 3.91. The summed E-state index contributed by atoms with van der Waals surface area (Å²) in [6.07, 6.45) is 0. The molecule has 28 heavy (non-hydrogen) atoms. The molecule has 0 aliphatic rings. The van der Waals surface area contributed by atoms with Crippen LogP contribution in [0.15, 0.2) is 64.3 Å². The van der Waals surface area contributed by atoms with Gasteiger partial charge in [-0.15, -0.1) is 0 Å². The number of nitrogens with one attached hydrogen (secondary N) is 1. The summed E-state index contributed by atoms with van der Waals surface area (Å²) in [5.41, 5.74) is 2.51. The first-order valence-electron chi connectivity index (χ1n) is 8.10. The van der Waals surface area contributed by atoms with Gasteiger partial charge in [-0.2, -0.15) is 5.10 Å². The van der Waals surface area contributed by atoms with E-state index in [4.69, 9.17) is 15.6 Å². The molecule has 0 radical (unpaired) electrons. The van der Waals surface area contributed by atoms with E-state index in [2.05, 4.69) is 30.7 Å². The van der Waals surface area contributed by atoms with Crippen molar-refractivity contribution in [2.75, 3.05) is 5.32 Å². The van der Waals surface area contributed by atoms with Gasteiger partial charge in [-0.05, 0) is 34.6 Å². The molecule has 0 aliphatic heterocycles. The van der Waals surface area contributed by atoms with Crippen LogP contribution in [-0.2, 0) is 0 Å². The van der Waals surface area contributed by atoms with Gasteiger partial charge in [-0.25, -0.2) is 19.4 Å². The molecule has 10 nitrogen and oxygen atoms in total. The van der Waals surface area contributed by atoms with Crippen molar-refractivity contribution in [1.82, 2.24) is 20.3 Å². The number of fused-ring (bicyclic) bond motifs is 1. The molecule has 0 spiro atoms. The first-order chi connectivity index (χ1) is 13.7. The Kier molecular flexibility index (Phi) is 4.34. The zero-order valence-corrected chi connectivity index (χ0v) is 14.3. The second-order valence-electron chi connectivity index (χ2n) is 5.68. The van der Waals surface area contributed by atoms with Gasteiger partial charge in [-0.3, -0.25) is 0 Å². The number of hydrogen-bond acceptors (Lipinski definition) is 9. The zero-order chi connectivity index (χ0) is 19.5. The summed E-state index contributed by atoms with van der Waals surface area (Å²) in [4.78, 5) is 19.9. The van der Waals surface area contributed by atoms with Crippen molar-refractivity contribution in [1.29, 1.82) is 0 Å². The van der Waals surface area contributed by atoms with Crippen LogP contribution >= 0.6 is 0 Å². The molecule has 0 bridgehead atoms.